The summed E-state index contributed by atoms with van der Waals surface area (Å²) in [5.74, 6) is -2.04. The van der Waals surface area contributed by atoms with E-state index in [1.165, 1.54) is 18.2 Å². The Morgan fingerprint density at radius 3 is 2.58 bits per heavy atom. The lowest BCUT2D eigenvalue weighted by atomic mass is 10.2. The molecule has 0 aliphatic carbocycles. The molecule has 190 valence electrons. The summed E-state index contributed by atoms with van der Waals surface area (Å²) < 4.78 is 65.4. The van der Waals surface area contributed by atoms with Crippen LogP contribution in [0.4, 0.5) is 23.2 Å². The summed E-state index contributed by atoms with van der Waals surface area (Å²) >= 11 is 6.01. The second kappa shape index (κ2) is 10.5. The van der Waals surface area contributed by atoms with Gasteiger partial charge >= 0.3 is 17.9 Å². The molecule has 3 aromatic rings. The predicted octanol–water partition coefficient (Wildman–Crippen LogP) is 5.14. The van der Waals surface area contributed by atoms with Crippen LogP contribution in [-0.4, -0.2) is 21.1 Å². The zero-order valence-corrected chi connectivity index (χ0v) is 18.9. The summed E-state index contributed by atoms with van der Waals surface area (Å²) in [5.41, 5.74) is -2.07. The molecule has 0 atom stereocenters. The van der Waals surface area contributed by atoms with Crippen molar-refractivity contribution >= 4 is 17.3 Å². The van der Waals surface area contributed by atoms with E-state index in [9.17, 15) is 32.5 Å². The molecule has 0 aliphatic rings. The number of alkyl halides is 3. The Balaban J connectivity index is 2.16. The second-order valence-electron chi connectivity index (χ2n) is 6.72. The van der Waals surface area contributed by atoms with Gasteiger partial charge in [0.15, 0.2) is 5.69 Å². The first-order valence-electron chi connectivity index (χ1n) is 9.79. The number of benzene rings is 2. The first kappa shape index (κ1) is 26.3. The number of hydroxylamine groups is 1. The average Bonchev–Trinajstić information content (AvgIpc) is 2.79. The van der Waals surface area contributed by atoms with Crippen LogP contribution in [0, 0.1) is 15.9 Å². The van der Waals surface area contributed by atoms with Gasteiger partial charge in [-0.15, -0.1) is 0 Å². The number of nitro groups is 1. The monoisotopic (exact) mass is 530 g/mol. The Hall–Kier alpha value is -4.33. The Labute approximate surface area is 204 Å². The standard InChI is InChI=1S/C21H15ClF4N4O6/c1-3-34-11(2)28-36-20-27-18(21(24,25)26)10-19(31)29(20)15-9-17(12(22)8-13(15)23)35-16-7-5-4-6-14(16)30(32)33/h4-10,28H,2-3H2,1H3. The maximum absolute atomic E-state index is 14.9. The van der Waals surface area contributed by atoms with Gasteiger partial charge in [-0.25, -0.2) is 8.96 Å². The van der Waals surface area contributed by atoms with Gasteiger partial charge in [0.25, 0.3) is 5.56 Å². The summed E-state index contributed by atoms with van der Waals surface area (Å²) in [5, 5.41) is 10.9. The number of rotatable bonds is 9. The third-order valence-corrected chi connectivity index (χ3v) is 4.57. The molecule has 0 aliphatic heterocycles. The Morgan fingerprint density at radius 2 is 1.94 bits per heavy atom. The van der Waals surface area contributed by atoms with E-state index in [1.807, 2.05) is 0 Å². The number of para-hydroxylation sites is 2. The van der Waals surface area contributed by atoms with Gasteiger partial charge in [0, 0.05) is 18.2 Å². The molecular formula is C21H15ClF4N4O6. The van der Waals surface area contributed by atoms with E-state index < -0.39 is 45.6 Å². The largest absolute Gasteiger partial charge is 0.478 e. The second-order valence-corrected chi connectivity index (χ2v) is 7.12. The maximum Gasteiger partial charge on any atom is 0.433 e. The summed E-state index contributed by atoms with van der Waals surface area (Å²) in [7, 11) is 0. The smallest absolute Gasteiger partial charge is 0.433 e. The minimum absolute atomic E-state index is 0.121. The molecule has 1 aromatic heterocycles. The molecule has 1 N–H and O–H groups in total. The normalized spacial score (nSPS) is 11.1. The molecular weight excluding hydrogens is 516 g/mol. The lowest BCUT2D eigenvalue weighted by molar-refractivity contribution is -0.385. The molecule has 0 unspecified atom stereocenters. The fourth-order valence-corrected chi connectivity index (χ4v) is 2.97. The molecule has 2 aromatic carbocycles. The van der Waals surface area contributed by atoms with Crippen molar-refractivity contribution < 1.29 is 36.8 Å². The van der Waals surface area contributed by atoms with Crippen LogP contribution in [0.15, 0.2) is 59.7 Å². The number of hydrogen-bond acceptors (Lipinski definition) is 8. The number of aromatic nitrogens is 2. The van der Waals surface area contributed by atoms with Crippen molar-refractivity contribution in [3.8, 4) is 23.2 Å². The highest BCUT2D eigenvalue weighted by atomic mass is 35.5. The fraction of sp³-hybridized carbons (Fsp3) is 0.143. The summed E-state index contributed by atoms with van der Waals surface area (Å²) in [6.07, 6.45) is -5.04. The van der Waals surface area contributed by atoms with Crippen LogP contribution in [0.25, 0.3) is 5.69 Å². The van der Waals surface area contributed by atoms with Crippen molar-refractivity contribution in [2.45, 2.75) is 13.1 Å². The van der Waals surface area contributed by atoms with Crippen LogP contribution >= 0.6 is 11.6 Å². The van der Waals surface area contributed by atoms with Gasteiger partial charge in [0.1, 0.15) is 11.6 Å². The van der Waals surface area contributed by atoms with E-state index in [-0.39, 0.29) is 35.1 Å². The Morgan fingerprint density at radius 1 is 1.25 bits per heavy atom. The Kier molecular flexibility index (Phi) is 7.68. The van der Waals surface area contributed by atoms with E-state index >= 15 is 0 Å². The quantitative estimate of drug-likeness (QED) is 0.175. The summed E-state index contributed by atoms with van der Waals surface area (Å²) in [4.78, 5) is 31.4. The van der Waals surface area contributed by atoms with Gasteiger partial charge in [-0.2, -0.15) is 23.6 Å². The molecule has 15 heteroatoms. The van der Waals surface area contributed by atoms with Crippen LogP contribution in [0.1, 0.15) is 12.6 Å². The van der Waals surface area contributed by atoms with Gasteiger partial charge < -0.3 is 14.3 Å². The number of hydrogen-bond donors (Lipinski definition) is 1. The lowest BCUT2D eigenvalue weighted by Crippen LogP contribution is -2.29. The number of ether oxygens (including phenoxy) is 2. The Bertz CT molecular complexity index is 1380. The highest BCUT2D eigenvalue weighted by Gasteiger charge is 2.35. The number of nitro benzene ring substituents is 1. The topological polar surface area (TPSA) is 118 Å². The molecule has 0 saturated carbocycles. The van der Waals surface area contributed by atoms with Crippen molar-refractivity contribution in [2.24, 2.45) is 0 Å². The SMILES string of the molecule is C=C(NOc1nc(C(F)(F)F)cc(=O)n1-c1cc(Oc2ccccc2[N+](=O)[O-])c(Cl)cc1F)OCC. The highest BCUT2D eigenvalue weighted by molar-refractivity contribution is 6.32. The van der Waals surface area contributed by atoms with E-state index in [0.717, 1.165) is 12.1 Å². The molecule has 0 amide bonds. The minimum atomic E-state index is -5.04. The molecule has 3 rings (SSSR count). The molecule has 0 saturated heterocycles. The van der Waals surface area contributed by atoms with Gasteiger partial charge in [-0.05, 0) is 25.6 Å². The molecule has 0 fully saturated rings. The molecule has 10 nitrogen and oxygen atoms in total. The van der Waals surface area contributed by atoms with E-state index in [0.29, 0.717) is 10.6 Å². The average molecular weight is 531 g/mol. The van der Waals surface area contributed by atoms with Crippen LogP contribution in [-0.2, 0) is 10.9 Å². The lowest BCUT2D eigenvalue weighted by Gasteiger charge is -2.17. The van der Waals surface area contributed by atoms with E-state index in [1.54, 1.807) is 6.92 Å². The number of nitrogens with zero attached hydrogens (tertiary/aromatic N) is 3. The zero-order valence-electron chi connectivity index (χ0n) is 18.1. The van der Waals surface area contributed by atoms with Crippen molar-refractivity contribution in [1.82, 2.24) is 15.0 Å². The highest BCUT2D eigenvalue weighted by Crippen LogP contribution is 2.37. The van der Waals surface area contributed by atoms with Crippen molar-refractivity contribution in [2.75, 3.05) is 6.61 Å². The predicted molar refractivity (Wildman–Crippen MR) is 118 cm³/mol. The van der Waals surface area contributed by atoms with Crippen molar-refractivity contribution in [3.05, 3.63) is 91.9 Å². The number of halogens is 5. The van der Waals surface area contributed by atoms with Crippen LogP contribution in [0.5, 0.6) is 17.5 Å². The van der Waals surface area contributed by atoms with Gasteiger partial charge in [-0.3, -0.25) is 14.9 Å². The molecule has 36 heavy (non-hydrogen) atoms. The fourth-order valence-electron chi connectivity index (χ4n) is 2.78. The van der Waals surface area contributed by atoms with Crippen molar-refractivity contribution in [3.63, 3.8) is 0 Å². The third-order valence-electron chi connectivity index (χ3n) is 4.28. The molecule has 0 spiro atoms. The van der Waals surface area contributed by atoms with Crippen LogP contribution in [0.3, 0.4) is 0 Å². The first-order valence-corrected chi connectivity index (χ1v) is 10.2. The van der Waals surface area contributed by atoms with Crippen molar-refractivity contribution in [1.29, 1.82) is 0 Å². The molecule has 1 heterocycles. The van der Waals surface area contributed by atoms with Gasteiger partial charge in [-0.1, -0.05) is 23.7 Å². The molecule has 0 bridgehead atoms. The summed E-state index contributed by atoms with van der Waals surface area (Å²) in [6, 6.07) is 5.81. The van der Waals surface area contributed by atoms with E-state index in [4.69, 9.17) is 25.9 Å². The zero-order chi connectivity index (χ0) is 26.6. The maximum atomic E-state index is 14.9. The van der Waals surface area contributed by atoms with Gasteiger partial charge in [0.2, 0.25) is 11.6 Å². The number of nitrogens with one attached hydrogen (secondary N) is 1. The van der Waals surface area contributed by atoms with Gasteiger partial charge in [0.05, 0.1) is 22.2 Å². The van der Waals surface area contributed by atoms with E-state index in [2.05, 4.69) is 17.0 Å². The van der Waals surface area contributed by atoms with Crippen LogP contribution in [0.2, 0.25) is 5.02 Å². The van der Waals surface area contributed by atoms with Crippen LogP contribution < -0.4 is 20.6 Å². The third kappa shape index (κ3) is 5.83. The minimum Gasteiger partial charge on any atom is -0.478 e. The molecule has 0 radical (unpaired) electrons. The summed E-state index contributed by atoms with van der Waals surface area (Å²) in [6.45, 7) is 5.12. The first-order chi connectivity index (χ1) is 16.9.